The minimum absolute atomic E-state index is 0.456. The van der Waals surface area contributed by atoms with Crippen LogP contribution in [0.4, 0.5) is 11.8 Å². The van der Waals surface area contributed by atoms with Crippen molar-refractivity contribution in [2.45, 2.75) is 58.2 Å². The van der Waals surface area contributed by atoms with Gasteiger partial charge in [0.2, 0.25) is 5.95 Å². The molecule has 1 aliphatic rings. The van der Waals surface area contributed by atoms with Crippen LogP contribution in [0.1, 0.15) is 44.6 Å². The number of fused-ring (bicyclic) bond motifs is 1. The van der Waals surface area contributed by atoms with Crippen LogP contribution in [0.2, 0.25) is 0 Å². The van der Waals surface area contributed by atoms with Crippen molar-refractivity contribution in [1.29, 1.82) is 5.26 Å². The van der Waals surface area contributed by atoms with Crippen molar-refractivity contribution in [2.24, 2.45) is 0 Å². The number of aryl methyl sites for hydroxylation is 1. The highest BCUT2D eigenvalue weighted by molar-refractivity contribution is 5.84. The molecule has 2 heterocycles. The van der Waals surface area contributed by atoms with Crippen molar-refractivity contribution >= 4 is 22.9 Å². The predicted octanol–water partition coefficient (Wildman–Crippen LogP) is 6.01. The first-order valence-corrected chi connectivity index (χ1v) is 11.9. The Morgan fingerprint density at radius 2 is 1.65 bits per heavy atom. The average molecular weight is 454 g/mol. The van der Waals surface area contributed by atoms with Crippen LogP contribution < -0.4 is 10.6 Å². The van der Waals surface area contributed by atoms with Crippen molar-refractivity contribution in [2.75, 3.05) is 10.6 Å². The van der Waals surface area contributed by atoms with Gasteiger partial charge < -0.3 is 15.2 Å². The van der Waals surface area contributed by atoms with E-state index in [1.807, 2.05) is 12.4 Å². The molecular weight excluding hydrogens is 422 g/mol. The first kappa shape index (κ1) is 23.2. The smallest absolute Gasteiger partial charge is 0.227 e. The summed E-state index contributed by atoms with van der Waals surface area (Å²) in [5, 5.41) is 13.6. The standard InChI is InChI=1S/C26H30N6.CHN/c1-2-32-18-28-23-24(30-26(31-25(23)32)29-22-11-7-4-8-12-22)27-17-19-13-15-21(16-14-19)20-9-5-3-6-10-20;1-2/h3,5-6,9-10,13-16,18,22H,2,4,7-8,11-12,17H2,1H3,(H2,27,29,30,31);1H. The third-order valence-electron chi connectivity index (χ3n) is 6.26. The molecule has 0 amide bonds. The second-order valence-electron chi connectivity index (χ2n) is 8.49. The van der Waals surface area contributed by atoms with Crippen LogP contribution in [0, 0.1) is 11.8 Å². The molecule has 0 radical (unpaired) electrons. The van der Waals surface area contributed by atoms with Gasteiger partial charge in [-0.3, -0.25) is 0 Å². The van der Waals surface area contributed by atoms with Crippen molar-refractivity contribution in [3.8, 4) is 17.7 Å². The second kappa shape index (κ2) is 11.3. The summed E-state index contributed by atoms with van der Waals surface area (Å²) in [5.74, 6) is 1.48. The van der Waals surface area contributed by atoms with E-state index in [9.17, 15) is 0 Å². The normalized spacial score (nSPS) is 13.7. The highest BCUT2D eigenvalue weighted by Crippen LogP contribution is 2.25. The number of imidazole rings is 1. The third kappa shape index (κ3) is 5.34. The Labute approximate surface area is 200 Å². The lowest BCUT2D eigenvalue weighted by Crippen LogP contribution is -2.23. The Balaban J connectivity index is 0.00000133. The molecule has 174 valence electrons. The van der Waals surface area contributed by atoms with E-state index < -0.39 is 0 Å². The number of nitrogens with one attached hydrogen (secondary N) is 2. The van der Waals surface area contributed by atoms with Crippen LogP contribution in [-0.2, 0) is 13.1 Å². The van der Waals surface area contributed by atoms with Crippen molar-refractivity contribution < 1.29 is 0 Å². The lowest BCUT2D eigenvalue weighted by Gasteiger charge is -2.23. The number of aromatic nitrogens is 4. The van der Waals surface area contributed by atoms with Gasteiger partial charge in [-0.2, -0.15) is 9.97 Å². The molecule has 1 aliphatic carbocycles. The van der Waals surface area contributed by atoms with Crippen LogP contribution in [0.25, 0.3) is 22.3 Å². The summed E-state index contributed by atoms with van der Waals surface area (Å²) in [6.45, 7) is 7.12. The minimum Gasteiger partial charge on any atom is -0.364 e. The SMILES string of the molecule is C#N.CCn1cnc2c(NCc3ccc(-c4ccccc4)cc3)nc(NC3CCCCC3)nc21. The van der Waals surface area contributed by atoms with Crippen molar-refractivity contribution in [3.05, 3.63) is 66.5 Å². The van der Waals surface area contributed by atoms with Crippen LogP contribution in [0.3, 0.4) is 0 Å². The van der Waals surface area contributed by atoms with Crippen LogP contribution >= 0.6 is 0 Å². The van der Waals surface area contributed by atoms with Gasteiger partial charge in [0.25, 0.3) is 0 Å². The highest BCUT2D eigenvalue weighted by atomic mass is 15.2. The van der Waals surface area contributed by atoms with Gasteiger partial charge in [0, 0.05) is 25.7 Å². The molecule has 1 saturated carbocycles. The molecule has 34 heavy (non-hydrogen) atoms. The maximum atomic E-state index is 6.50. The molecule has 0 spiro atoms. The lowest BCUT2D eigenvalue weighted by molar-refractivity contribution is 0.461. The molecule has 1 fully saturated rings. The molecular formula is C27H31N7. The molecule has 0 unspecified atom stereocenters. The maximum absolute atomic E-state index is 6.50. The summed E-state index contributed by atoms with van der Waals surface area (Å²) < 4.78 is 2.07. The lowest BCUT2D eigenvalue weighted by atomic mass is 9.96. The van der Waals surface area contributed by atoms with Gasteiger partial charge in [0.05, 0.1) is 6.33 Å². The first-order valence-electron chi connectivity index (χ1n) is 11.9. The second-order valence-corrected chi connectivity index (χ2v) is 8.49. The van der Waals surface area contributed by atoms with E-state index in [4.69, 9.17) is 15.2 Å². The van der Waals surface area contributed by atoms with Gasteiger partial charge >= 0.3 is 0 Å². The zero-order valence-corrected chi connectivity index (χ0v) is 19.6. The van der Waals surface area contributed by atoms with E-state index in [1.54, 1.807) is 0 Å². The van der Waals surface area contributed by atoms with E-state index in [-0.39, 0.29) is 0 Å². The minimum atomic E-state index is 0.456. The predicted molar refractivity (Wildman–Crippen MR) is 137 cm³/mol. The molecule has 0 bridgehead atoms. The number of rotatable bonds is 7. The van der Waals surface area contributed by atoms with Crippen molar-refractivity contribution in [3.63, 3.8) is 0 Å². The molecule has 0 aliphatic heterocycles. The Morgan fingerprint density at radius 1 is 0.941 bits per heavy atom. The first-order chi connectivity index (χ1) is 16.8. The highest BCUT2D eigenvalue weighted by Gasteiger charge is 2.17. The fourth-order valence-corrected chi connectivity index (χ4v) is 4.42. The maximum Gasteiger partial charge on any atom is 0.227 e. The van der Waals surface area contributed by atoms with Crippen molar-refractivity contribution in [1.82, 2.24) is 19.5 Å². The molecule has 0 saturated heterocycles. The molecule has 2 N–H and O–H groups in total. The number of hydrogen-bond donors (Lipinski definition) is 2. The van der Waals surface area contributed by atoms with E-state index in [0.717, 1.165) is 23.5 Å². The Kier molecular flexibility index (Phi) is 7.71. The quantitative estimate of drug-likeness (QED) is 0.356. The van der Waals surface area contributed by atoms with Crippen LogP contribution in [0.5, 0.6) is 0 Å². The number of benzene rings is 2. The number of hydrogen-bond acceptors (Lipinski definition) is 6. The third-order valence-corrected chi connectivity index (χ3v) is 6.26. The van der Waals surface area contributed by atoms with E-state index in [2.05, 4.69) is 82.2 Å². The monoisotopic (exact) mass is 453 g/mol. The Hall–Kier alpha value is -3.92. The molecule has 7 heteroatoms. The molecule has 2 aromatic heterocycles. The summed E-state index contributed by atoms with van der Waals surface area (Å²) >= 11 is 0. The fourth-order valence-electron chi connectivity index (χ4n) is 4.42. The number of anilines is 2. The summed E-state index contributed by atoms with van der Waals surface area (Å²) in [5.41, 5.74) is 5.35. The number of nitrogens with zero attached hydrogens (tertiary/aromatic N) is 5. The summed E-state index contributed by atoms with van der Waals surface area (Å²) in [4.78, 5) is 14.2. The molecule has 0 atom stereocenters. The number of nitriles is 1. The molecule has 4 aromatic rings. The Morgan fingerprint density at radius 3 is 2.35 bits per heavy atom. The summed E-state index contributed by atoms with van der Waals surface area (Å²) in [6, 6.07) is 19.6. The molecule has 5 rings (SSSR count). The topological polar surface area (TPSA) is 91.5 Å². The molecule has 7 nitrogen and oxygen atoms in total. The van der Waals surface area contributed by atoms with Gasteiger partial charge in [-0.15, -0.1) is 0 Å². The fraction of sp³-hybridized carbons (Fsp3) is 0.333. The van der Waals surface area contributed by atoms with Gasteiger partial charge in [0.15, 0.2) is 17.0 Å². The largest absolute Gasteiger partial charge is 0.364 e. The summed E-state index contributed by atoms with van der Waals surface area (Å²) in [6.07, 6.45) is 8.10. The average Bonchev–Trinajstić information content (AvgIpc) is 3.33. The Bertz CT molecular complexity index is 1210. The van der Waals surface area contributed by atoms with Gasteiger partial charge in [-0.05, 0) is 36.5 Å². The van der Waals surface area contributed by atoms with E-state index >= 15 is 0 Å². The van der Waals surface area contributed by atoms with Crippen LogP contribution in [0.15, 0.2) is 60.9 Å². The van der Waals surface area contributed by atoms with Gasteiger partial charge in [-0.25, -0.2) is 10.2 Å². The summed E-state index contributed by atoms with van der Waals surface area (Å²) in [7, 11) is 0. The van der Waals surface area contributed by atoms with E-state index in [0.29, 0.717) is 18.5 Å². The zero-order valence-electron chi connectivity index (χ0n) is 19.6. The zero-order chi connectivity index (χ0) is 23.8. The van der Waals surface area contributed by atoms with Crippen LogP contribution in [-0.4, -0.2) is 25.6 Å². The van der Waals surface area contributed by atoms with Gasteiger partial charge in [0.1, 0.15) is 0 Å². The molecule has 2 aromatic carbocycles. The van der Waals surface area contributed by atoms with E-state index in [1.165, 1.54) is 48.8 Å². The van der Waals surface area contributed by atoms with Gasteiger partial charge in [-0.1, -0.05) is 73.9 Å².